The third kappa shape index (κ3) is 2.44. The Hall–Kier alpha value is -1.17. The highest BCUT2D eigenvalue weighted by molar-refractivity contribution is 5.32. The van der Waals surface area contributed by atoms with Gasteiger partial charge in [0.1, 0.15) is 6.10 Å². The van der Waals surface area contributed by atoms with Crippen LogP contribution in [-0.2, 0) is 0 Å². The lowest BCUT2D eigenvalue weighted by atomic mass is 10.0. The van der Waals surface area contributed by atoms with Crippen LogP contribution < -0.4 is 10.5 Å². The molecule has 0 saturated carbocycles. The first-order valence-electron chi connectivity index (χ1n) is 4.50. The maximum absolute atomic E-state index is 13.6. The average Bonchev–Trinajstić information content (AvgIpc) is 2.27. The van der Waals surface area contributed by atoms with E-state index in [1.54, 1.807) is 0 Å². The van der Waals surface area contributed by atoms with Crippen molar-refractivity contribution in [3.63, 3.8) is 0 Å². The number of benzene rings is 1. The Morgan fingerprint density at radius 3 is 2.67 bits per heavy atom. The van der Waals surface area contributed by atoms with Crippen molar-refractivity contribution in [3.8, 4) is 5.75 Å². The molecule has 1 rings (SSSR count). The molecule has 0 radical (unpaired) electrons. The summed E-state index contributed by atoms with van der Waals surface area (Å²) in [4.78, 5) is 0. The molecular formula is C10H14FNO3. The molecule has 0 amide bonds. The van der Waals surface area contributed by atoms with Crippen LogP contribution in [0.4, 0.5) is 4.39 Å². The number of aliphatic hydroxyl groups is 2. The lowest BCUT2D eigenvalue weighted by Gasteiger charge is -2.17. The predicted molar refractivity (Wildman–Crippen MR) is 53.0 cm³/mol. The molecule has 0 aliphatic heterocycles. The highest BCUT2D eigenvalue weighted by atomic mass is 19.1. The van der Waals surface area contributed by atoms with E-state index in [1.807, 2.05) is 0 Å². The molecular weight excluding hydrogens is 201 g/mol. The lowest BCUT2D eigenvalue weighted by molar-refractivity contribution is 0.0219. The number of halogens is 1. The summed E-state index contributed by atoms with van der Waals surface area (Å²) >= 11 is 0. The Morgan fingerprint density at radius 2 is 2.13 bits per heavy atom. The first-order valence-corrected chi connectivity index (χ1v) is 4.50. The standard InChI is InChI=1S/C10H14FNO3/c1-15-8-4-2-3-6(9(8)11)10(14)7(13)5-12/h2-4,7,10,13-14H,5,12H2,1H3. The monoisotopic (exact) mass is 215 g/mol. The van der Waals surface area contributed by atoms with Crippen molar-refractivity contribution < 1.29 is 19.3 Å². The van der Waals surface area contributed by atoms with E-state index in [-0.39, 0.29) is 17.9 Å². The molecule has 0 spiro atoms. The molecule has 0 aromatic heterocycles. The minimum atomic E-state index is -1.34. The molecule has 1 aromatic carbocycles. The van der Waals surface area contributed by atoms with E-state index in [9.17, 15) is 14.6 Å². The quantitative estimate of drug-likeness (QED) is 0.670. The molecule has 0 fully saturated rings. The molecule has 0 bridgehead atoms. The number of rotatable bonds is 4. The third-order valence-corrected chi connectivity index (χ3v) is 2.14. The summed E-state index contributed by atoms with van der Waals surface area (Å²) in [6.45, 7) is -0.141. The molecule has 84 valence electrons. The SMILES string of the molecule is COc1cccc(C(O)C(O)CN)c1F. The molecule has 0 saturated heterocycles. The van der Waals surface area contributed by atoms with Gasteiger partial charge in [0.05, 0.1) is 13.2 Å². The minimum absolute atomic E-state index is 0.0210. The Morgan fingerprint density at radius 1 is 1.47 bits per heavy atom. The second kappa shape index (κ2) is 5.06. The number of hydrogen-bond acceptors (Lipinski definition) is 4. The van der Waals surface area contributed by atoms with Crippen LogP contribution in [0.3, 0.4) is 0 Å². The van der Waals surface area contributed by atoms with Crippen LogP contribution in [0, 0.1) is 5.82 Å². The van der Waals surface area contributed by atoms with Gasteiger partial charge in [-0.2, -0.15) is 0 Å². The van der Waals surface area contributed by atoms with E-state index in [0.717, 1.165) is 0 Å². The number of methoxy groups -OCH3 is 1. The topological polar surface area (TPSA) is 75.7 Å². The Bertz CT molecular complexity index is 332. The van der Waals surface area contributed by atoms with Gasteiger partial charge in [0.2, 0.25) is 0 Å². The van der Waals surface area contributed by atoms with Crippen molar-refractivity contribution in [2.24, 2.45) is 5.73 Å². The van der Waals surface area contributed by atoms with Gasteiger partial charge in [-0.1, -0.05) is 12.1 Å². The van der Waals surface area contributed by atoms with Crippen LogP contribution in [0.1, 0.15) is 11.7 Å². The van der Waals surface area contributed by atoms with Gasteiger partial charge in [0.25, 0.3) is 0 Å². The van der Waals surface area contributed by atoms with Crippen molar-refractivity contribution >= 4 is 0 Å². The van der Waals surface area contributed by atoms with Crippen LogP contribution in [-0.4, -0.2) is 30.0 Å². The minimum Gasteiger partial charge on any atom is -0.494 e. The largest absolute Gasteiger partial charge is 0.494 e. The van der Waals surface area contributed by atoms with Crippen molar-refractivity contribution in [3.05, 3.63) is 29.6 Å². The maximum Gasteiger partial charge on any atom is 0.170 e. The molecule has 0 heterocycles. The summed E-state index contributed by atoms with van der Waals surface area (Å²) in [5, 5.41) is 18.8. The summed E-state index contributed by atoms with van der Waals surface area (Å²) in [5.41, 5.74) is 5.15. The van der Waals surface area contributed by atoms with Crippen LogP contribution in [0.2, 0.25) is 0 Å². The van der Waals surface area contributed by atoms with Gasteiger partial charge in [0.15, 0.2) is 11.6 Å². The summed E-state index contributed by atoms with van der Waals surface area (Å²) < 4.78 is 18.3. The Kier molecular flexibility index (Phi) is 4.02. The van der Waals surface area contributed by atoms with E-state index in [2.05, 4.69) is 0 Å². The number of hydrogen-bond donors (Lipinski definition) is 3. The van der Waals surface area contributed by atoms with Crippen LogP contribution in [0.25, 0.3) is 0 Å². The predicted octanol–water partition coefficient (Wildman–Crippen LogP) is 0.187. The van der Waals surface area contributed by atoms with Crippen LogP contribution in [0.15, 0.2) is 18.2 Å². The second-order valence-electron chi connectivity index (χ2n) is 3.11. The first-order chi connectivity index (χ1) is 7.11. The summed E-state index contributed by atoms with van der Waals surface area (Å²) in [6.07, 6.45) is -2.53. The zero-order valence-corrected chi connectivity index (χ0v) is 8.35. The van der Waals surface area contributed by atoms with Crippen molar-refractivity contribution in [1.29, 1.82) is 0 Å². The molecule has 0 aliphatic rings. The van der Waals surface area contributed by atoms with Crippen molar-refractivity contribution in [2.75, 3.05) is 13.7 Å². The zero-order chi connectivity index (χ0) is 11.4. The van der Waals surface area contributed by atoms with Crippen molar-refractivity contribution in [1.82, 2.24) is 0 Å². The molecule has 5 heteroatoms. The molecule has 0 aliphatic carbocycles. The molecule has 4 N–H and O–H groups in total. The fourth-order valence-corrected chi connectivity index (χ4v) is 1.25. The van der Waals surface area contributed by atoms with Crippen LogP contribution >= 0.6 is 0 Å². The van der Waals surface area contributed by atoms with E-state index in [1.165, 1.54) is 25.3 Å². The summed E-state index contributed by atoms with van der Waals surface area (Å²) in [7, 11) is 1.33. The second-order valence-corrected chi connectivity index (χ2v) is 3.11. The van der Waals surface area contributed by atoms with Gasteiger partial charge in [-0.15, -0.1) is 0 Å². The van der Waals surface area contributed by atoms with E-state index < -0.39 is 18.0 Å². The summed E-state index contributed by atoms with van der Waals surface area (Å²) in [6, 6.07) is 4.34. The number of aliphatic hydroxyl groups excluding tert-OH is 2. The fraction of sp³-hybridized carbons (Fsp3) is 0.400. The van der Waals surface area contributed by atoms with Gasteiger partial charge in [-0.05, 0) is 6.07 Å². The average molecular weight is 215 g/mol. The molecule has 15 heavy (non-hydrogen) atoms. The van der Waals surface area contributed by atoms with Gasteiger partial charge in [0, 0.05) is 12.1 Å². The molecule has 2 unspecified atom stereocenters. The molecule has 1 aromatic rings. The van der Waals surface area contributed by atoms with E-state index in [4.69, 9.17) is 10.5 Å². The molecule has 4 nitrogen and oxygen atoms in total. The highest BCUT2D eigenvalue weighted by Gasteiger charge is 2.21. The van der Waals surface area contributed by atoms with Crippen molar-refractivity contribution in [2.45, 2.75) is 12.2 Å². The number of nitrogens with two attached hydrogens (primary N) is 1. The maximum atomic E-state index is 13.6. The fourth-order valence-electron chi connectivity index (χ4n) is 1.25. The van der Waals surface area contributed by atoms with Gasteiger partial charge >= 0.3 is 0 Å². The smallest absolute Gasteiger partial charge is 0.170 e. The van der Waals surface area contributed by atoms with Crippen LogP contribution in [0.5, 0.6) is 5.75 Å². The van der Waals surface area contributed by atoms with Gasteiger partial charge < -0.3 is 20.7 Å². The van der Waals surface area contributed by atoms with Gasteiger partial charge in [-0.3, -0.25) is 0 Å². The van der Waals surface area contributed by atoms with Gasteiger partial charge in [-0.25, -0.2) is 4.39 Å². The highest BCUT2D eigenvalue weighted by Crippen LogP contribution is 2.26. The Labute approximate surface area is 87.1 Å². The number of ether oxygens (including phenoxy) is 1. The van der Waals surface area contributed by atoms with E-state index >= 15 is 0 Å². The zero-order valence-electron chi connectivity index (χ0n) is 8.35. The normalized spacial score (nSPS) is 14.7. The first kappa shape index (κ1) is 11.9. The molecule has 2 atom stereocenters. The lowest BCUT2D eigenvalue weighted by Crippen LogP contribution is -2.27. The summed E-state index contributed by atoms with van der Waals surface area (Å²) in [5.74, 6) is -0.657. The van der Waals surface area contributed by atoms with E-state index in [0.29, 0.717) is 0 Å². The Balaban J connectivity index is 3.03. The third-order valence-electron chi connectivity index (χ3n) is 2.14.